The van der Waals surface area contributed by atoms with Crippen LogP contribution in [-0.4, -0.2) is 63.9 Å². The summed E-state index contributed by atoms with van der Waals surface area (Å²) in [6, 6.07) is 9.55. The smallest absolute Gasteiger partial charge is 0.276 e. The number of piperidine rings is 1. The number of carbonyl (C=O) groups is 2. The lowest BCUT2D eigenvalue weighted by Gasteiger charge is -2.32. The normalized spacial score (nSPS) is 21.4. The molecule has 0 radical (unpaired) electrons. The van der Waals surface area contributed by atoms with Crippen molar-refractivity contribution >= 4 is 24.2 Å². The fourth-order valence-corrected chi connectivity index (χ4v) is 3.92. The van der Waals surface area contributed by atoms with Crippen molar-refractivity contribution in [3.8, 4) is 5.69 Å². The summed E-state index contributed by atoms with van der Waals surface area (Å²) in [5, 5.41) is 14.4. The molecule has 1 aromatic carbocycles. The Bertz CT molecular complexity index is 821. The van der Waals surface area contributed by atoms with Crippen LogP contribution in [0.3, 0.4) is 0 Å². The Balaban J connectivity index is 0.00000240. The first kappa shape index (κ1) is 21.3. The Morgan fingerprint density at radius 2 is 2.00 bits per heavy atom. The van der Waals surface area contributed by atoms with Gasteiger partial charge in [-0.1, -0.05) is 23.4 Å². The summed E-state index contributed by atoms with van der Waals surface area (Å²) in [6.07, 6.45) is 5.57. The van der Waals surface area contributed by atoms with Crippen LogP contribution >= 0.6 is 12.4 Å². The molecule has 1 aromatic heterocycles. The Hall–Kier alpha value is -2.45. The van der Waals surface area contributed by atoms with Crippen LogP contribution in [-0.2, 0) is 4.79 Å². The molecule has 3 heterocycles. The zero-order valence-electron chi connectivity index (χ0n) is 16.3. The van der Waals surface area contributed by atoms with Gasteiger partial charge >= 0.3 is 0 Å². The van der Waals surface area contributed by atoms with Gasteiger partial charge in [0.2, 0.25) is 5.91 Å². The van der Waals surface area contributed by atoms with Crippen LogP contribution in [0.1, 0.15) is 36.2 Å². The molecule has 2 unspecified atom stereocenters. The van der Waals surface area contributed by atoms with E-state index in [1.807, 2.05) is 35.2 Å². The van der Waals surface area contributed by atoms with E-state index in [4.69, 9.17) is 0 Å². The number of hydrogen-bond acceptors (Lipinski definition) is 5. The molecule has 9 heteroatoms. The second kappa shape index (κ2) is 9.84. The van der Waals surface area contributed by atoms with E-state index in [0.29, 0.717) is 25.3 Å². The Labute approximate surface area is 176 Å². The fourth-order valence-electron chi connectivity index (χ4n) is 3.92. The van der Waals surface area contributed by atoms with E-state index in [1.165, 1.54) is 0 Å². The lowest BCUT2D eigenvalue weighted by Crippen LogP contribution is -2.46. The summed E-state index contributed by atoms with van der Waals surface area (Å²) in [5.74, 6) is 0.245. The van der Waals surface area contributed by atoms with Crippen LogP contribution in [0.25, 0.3) is 5.69 Å². The third kappa shape index (κ3) is 5.13. The minimum atomic E-state index is -0.101. The van der Waals surface area contributed by atoms with E-state index in [-0.39, 0.29) is 36.2 Å². The Morgan fingerprint density at radius 1 is 1.17 bits per heavy atom. The van der Waals surface area contributed by atoms with Gasteiger partial charge in [0.25, 0.3) is 5.91 Å². The fraction of sp³-hybridized carbons (Fsp3) is 0.500. The predicted molar refractivity (Wildman–Crippen MR) is 111 cm³/mol. The van der Waals surface area contributed by atoms with Gasteiger partial charge in [-0.15, -0.1) is 17.5 Å². The van der Waals surface area contributed by atoms with Gasteiger partial charge in [-0.3, -0.25) is 9.59 Å². The average Bonchev–Trinajstić information content (AvgIpc) is 3.45. The van der Waals surface area contributed by atoms with E-state index in [2.05, 4.69) is 20.9 Å². The topological polar surface area (TPSA) is 92.2 Å². The SMILES string of the molecule is Cl.O=C(NCC1CCCN(C(=O)c2cn(-c3ccccc3)nn2)C1)C1CCCN1. The van der Waals surface area contributed by atoms with E-state index >= 15 is 0 Å². The number of aromatic nitrogens is 3. The zero-order chi connectivity index (χ0) is 19.3. The highest BCUT2D eigenvalue weighted by Gasteiger charge is 2.28. The van der Waals surface area contributed by atoms with Crippen LogP contribution in [0.15, 0.2) is 36.5 Å². The largest absolute Gasteiger partial charge is 0.354 e. The number of likely N-dealkylation sites (tertiary alicyclic amines) is 1. The highest BCUT2D eigenvalue weighted by molar-refractivity contribution is 5.92. The van der Waals surface area contributed by atoms with Gasteiger partial charge in [-0.25, -0.2) is 4.68 Å². The zero-order valence-corrected chi connectivity index (χ0v) is 17.1. The first-order chi connectivity index (χ1) is 13.7. The number of benzene rings is 1. The predicted octanol–water partition coefficient (Wildman–Crippen LogP) is 1.41. The standard InChI is InChI=1S/C20H26N6O2.ClH/c27-19(17-9-4-10-21-17)22-12-15-6-5-11-25(13-15)20(28)18-14-26(24-23-18)16-7-2-1-3-8-16;/h1-3,7-8,14-15,17,21H,4-6,9-13H2,(H,22,27);1H. The van der Waals surface area contributed by atoms with Gasteiger partial charge < -0.3 is 15.5 Å². The summed E-state index contributed by atoms with van der Waals surface area (Å²) in [4.78, 5) is 26.9. The first-order valence-corrected chi connectivity index (χ1v) is 9.99. The van der Waals surface area contributed by atoms with Crippen molar-refractivity contribution in [2.24, 2.45) is 5.92 Å². The molecule has 2 aromatic rings. The molecule has 156 valence electrons. The second-order valence-electron chi connectivity index (χ2n) is 7.54. The first-order valence-electron chi connectivity index (χ1n) is 9.99. The molecule has 8 nitrogen and oxygen atoms in total. The van der Waals surface area contributed by atoms with E-state index in [1.54, 1.807) is 10.9 Å². The summed E-state index contributed by atoms with van der Waals surface area (Å²) in [6.45, 7) is 2.87. The molecule has 2 fully saturated rings. The molecule has 0 spiro atoms. The lowest BCUT2D eigenvalue weighted by molar-refractivity contribution is -0.123. The summed E-state index contributed by atoms with van der Waals surface area (Å²) >= 11 is 0. The van der Waals surface area contributed by atoms with Crippen molar-refractivity contribution in [2.75, 3.05) is 26.2 Å². The third-order valence-corrected chi connectivity index (χ3v) is 5.48. The van der Waals surface area contributed by atoms with E-state index < -0.39 is 0 Å². The molecule has 2 atom stereocenters. The number of halogens is 1. The number of hydrogen-bond donors (Lipinski definition) is 2. The average molecular weight is 419 g/mol. The van der Waals surface area contributed by atoms with Crippen LogP contribution in [0.2, 0.25) is 0 Å². The second-order valence-corrected chi connectivity index (χ2v) is 7.54. The maximum absolute atomic E-state index is 12.8. The maximum Gasteiger partial charge on any atom is 0.276 e. The number of para-hydroxylation sites is 1. The van der Waals surface area contributed by atoms with Crippen molar-refractivity contribution in [2.45, 2.75) is 31.7 Å². The van der Waals surface area contributed by atoms with Gasteiger partial charge in [0.05, 0.1) is 17.9 Å². The highest BCUT2D eigenvalue weighted by atomic mass is 35.5. The number of nitrogens with one attached hydrogen (secondary N) is 2. The number of carbonyl (C=O) groups excluding carboxylic acids is 2. The molecule has 4 rings (SSSR count). The van der Waals surface area contributed by atoms with Crippen LogP contribution in [0.4, 0.5) is 0 Å². The van der Waals surface area contributed by atoms with Crippen LogP contribution in [0.5, 0.6) is 0 Å². The minimum Gasteiger partial charge on any atom is -0.354 e. The quantitative estimate of drug-likeness (QED) is 0.765. The van der Waals surface area contributed by atoms with Crippen molar-refractivity contribution in [3.63, 3.8) is 0 Å². The van der Waals surface area contributed by atoms with E-state index in [0.717, 1.165) is 37.9 Å². The molecule has 0 bridgehead atoms. The molecule has 0 aliphatic carbocycles. The molecular formula is C20H27ClN6O2. The van der Waals surface area contributed by atoms with Gasteiger partial charge in [0, 0.05) is 19.6 Å². The molecule has 0 saturated carbocycles. The Morgan fingerprint density at radius 3 is 2.76 bits per heavy atom. The summed E-state index contributed by atoms with van der Waals surface area (Å²) < 4.78 is 1.61. The van der Waals surface area contributed by atoms with Gasteiger partial charge in [0.1, 0.15) is 0 Å². The molecule has 2 amide bonds. The Kier molecular flexibility index (Phi) is 7.22. The number of amides is 2. The molecule has 2 aliphatic rings. The maximum atomic E-state index is 12.8. The van der Waals surface area contributed by atoms with Gasteiger partial charge in [-0.2, -0.15) is 0 Å². The summed E-state index contributed by atoms with van der Waals surface area (Å²) in [7, 11) is 0. The van der Waals surface area contributed by atoms with Crippen molar-refractivity contribution in [1.82, 2.24) is 30.5 Å². The minimum absolute atomic E-state index is 0. The van der Waals surface area contributed by atoms with Crippen LogP contribution < -0.4 is 10.6 Å². The monoisotopic (exact) mass is 418 g/mol. The van der Waals surface area contributed by atoms with E-state index in [9.17, 15) is 9.59 Å². The van der Waals surface area contributed by atoms with Crippen molar-refractivity contribution < 1.29 is 9.59 Å². The number of rotatable bonds is 5. The van der Waals surface area contributed by atoms with Crippen molar-refractivity contribution in [1.29, 1.82) is 0 Å². The molecule has 2 aliphatic heterocycles. The molecular weight excluding hydrogens is 392 g/mol. The molecule has 2 saturated heterocycles. The summed E-state index contributed by atoms with van der Waals surface area (Å²) in [5.41, 5.74) is 1.22. The molecule has 2 N–H and O–H groups in total. The van der Waals surface area contributed by atoms with Crippen LogP contribution in [0, 0.1) is 5.92 Å². The highest BCUT2D eigenvalue weighted by Crippen LogP contribution is 2.18. The number of nitrogens with zero attached hydrogens (tertiary/aromatic N) is 4. The van der Waals surface area contributed by atoms with Crippen molar-refractivity contribution in [3.05, 3.63) is 42.2 Å². The third-order valence-electron chi connectivity index (χ3n) is 5.48. The molecule has 29 heavy (non-hydrogen) atoms. The van der Waals surface area contributed by atoms with Gasteiger partial charge in [0.15, 0.2) is 5.69 Å². The lowest BCUT2D eigenvalue weighted by atomic mass is 9.97. The van der Waals surface area contributed by atoms with Gasteiger partial charge in [-0.05, 0) is 50.3 Å².